The van der Waals surface area contributed by atoms with E-state index in [0.29, 0.717) is 5.82 Å². The van der Waals surface area contributed by atoms with Crippen molar-refractivity contribution in [1.29, 1.82) is 5.41 Å². The number of rotatable bonds is 6. The van der Waals surface area contributed by atoms with Crippen LogP contribution in [0.3, 0.4) is 0 Å². The lowest BCUT2D eigenvalue weighted by molar-refractivity contribution is 0.106. The fourth-order valence-corrected chi connectivity index (χ4v) is 4.22. The summed E-state index contributed by atoms with van der Waals surface area (Å²) in [5, 5.41) is 21.6. The molecular formula is C24H35N5O2. The van der Waals surface area contributed by atoms with Crippen LogP contribution in [0.4, 0.5) is 0 Å². The smallest absolute Gasteiger partial charge is 0.211 e. The van der Waals surface area contributed by atoms with Crippen LogP contribution in [-0.2, 0) is 4.74 Å². The Morgan fingerprint density at radius 3 is 2.68 bits per heavy atom. The average molecular weight is 426 g/mol. The molecule has 0 spiro atoms. The number of aliphatic hydroxyl groups excluding tert-OH is 1. The van der Waals surface area contributed by atoms with Crippen molar-refractivity contribution in [2.45, 2.75) is 45.1 Å². The summed E-state index contributed by atoms with van der Waals surface area (Å²) >= 11 is 0. The van der Waals surface area contributed by atoms with Crippen molar-refractivity contribution in [3.63, 3.8) is 0 Å². The topological polar surface area (TPSA) is 97.8 Å². The van der Waals surface area contributed by atoms with E-state index in [1.807, 2.05) is 50.3 Å². The number of likely N-dealkylation sites (N-methyl/N-ethyl adjacent to an activating group) is 3. The molecule has 7 nitrogen and oxygen atoms in total. The maximum Gasteiger partial charge on any atom is 0.211 e. The Morgan fingerprint density at radius 2 is 2.10 bits per heavy atom. The first-order valence-electron chi connectivity index (χ1n) is 10.7. The summed E-state index contributed by atoms with van der Waals surface area (Å²) in [5.41, 5.74) is 11.4. The third-order valence-electron chi connectivity index (χ3n) is 6.15. The van der Waals surface area contributed by atoms with Crippen LogP contribution >= 0.6 is 0 Å². The molecule has 0 bridgehead atoms. The zero-order valence-corrected chi connectivity index (χ0v) is 19.1. The van der Waals surface area contributed by atoms with E-state index in [4.69, 9.17) is 15.9 Å². The molecule has 1 heterocycles. The number of aryl methyl sites for hydroxylation is 1. The Bertz CT molecular complexity index is 919. The Morgan fingerprint density at radius 1 is 1.35 bits per heavy atom. The molecule has 3 unspecified atom stereocenters. The van der Waals surface area contributed by atoms with Crippen molar-refractivity contribution in [2.24, 2.45) is 5.73 Å². The fraction of sp³-hybridized carbons (Fsp3) is 0.458. The van der Waals surface area contributed by atoms with Crippen LogP contribution in [0.2, 0.25) is 0 Å². The van der Waals surface area contributed by atoms with Crippen LogP contribution in [-0.4, -0.2) is 54.7 Å². The van der Waals surface area contributed by atoms with Crippen LogP contribution < -0.4 is 11.1 Å². The van der Waals surface area contributed by atoms with E-state index in [1.165, 1.54) is 5.56 Å². The van der Waals surface area contributed by atoms with Crippen LogP contribution in [0, 0.1) is 12.3 Å². The van der Waals surface area contributed by atoms with Crippen LogP contribution in [0.25, 0.3) is 0 Å². The maximum atomic E-state index is 9.92. The molecule has 2 aliphatic rings. The Balaban J connectivity index is 1.90. The highest BCUT2D eigenvalue weighted by Crippen LogP contribution is 2.34. The summed E-state index contributed by atoms with van der Waals surface area (Å²) < 4.78 is 6.06. The van der Waals surface area contributed by atoms with Gasteiger partial charge >= 0.3 is 0 Å². The van der Waals surface area contributed by atoms with Gasteiger partial charge in [0.25, 0.3) is 0 Å². The molecule has 3 rings (SSSR count). The van der Waals surface area contributed by atoms with Gasteiger partial charge in [-0.1, -0.05) is 36.4 Å². The number of aliphatic hydroxyl groups is 1. The lowest BCUT2D eigenvalue weighted by Gasteiger charge is -2.44. The zero-order valence-electron chi connectivity index (χ0n) is 19.1. The summed E-state index contributed by atoms with van der Waals surface area (Å²) in [6, 6.07) is 6.16. The third-order valence-corrected chi connectivity index (χ3v) is 6.15. The van der Waals surface area contributed by atoms with Crippen LogP contribution in [0.1, 0.15) is 48.6 Å². The van der Waals surface area contributed by atoms with E-state index in [0.717, 1.165) is 41.8 Å². The number of ether oxygens (including phenoxy) is 1. The second-order valence-corrected chi connectivity index (χ2v) is 8.34. The molecule has 0 fully saturated rings. The Kier molecular flexibility index (Phi) is 7.08. The van der Waals surface area contributed by atoms with Gasteiger partial charge in [0.05, 0.1) is 12.1 Å². The molecule has 3 atom stereocenters. The SMILES string of the molecule is CNC(OC(=N)C1=CC=CCC1)C1=C(N)N(C)CC(c2ccc(C(C)O)cc2C)N1C. The van der Waals surface area contributed by atoms with Crippen molar-refractivity contribution in [2.75, 3.05) is 27.7 Å². The van der Waals surface area contributed by atoms with Crippen molar-refractivity contribution < 1.29 is 9.84 Å². The number of hydrogen-bond acceptors (Lipinski definition) is 7. The van der Waals surface area contributed by atoms with Crippen molar-refractivity contribution in [3.8, 4) is 0 Å². The highest BCUT2D eigenvalue weighted by molar-refractivity contribution is 5.91. The molecule has 1 aliphatic heterocycles. The van der Waals surface area contributed by atoms with E-state index < -0.39 is 12.3 Å². The molecule has 0 saturated heterocycles. The van der Waals surface area contributed by atoms with Crippen molar-refractivity contribution in [1.82, 2.24) is 15.1 Å². The molecule has 0 radical (unpaired) electrons. The Hall–Kier alpha value is -2.77. The minimum Gasteiger partial charge on any atom is -0.453 e. The van der Waals surface area contributed by atoms with E-state index >= 15 is 0 Å². The predicted molar refractivity (Wildman–Crippen MR) is 124 cm³/mol. The summed E-state index contributed by atoms with van der Waals surface area (Å²) in [6.07, 6.45) is 6.66. The molecule has 0 aromatic heterocycles. The van der Waals surface area contributed by atoms with Gasteiger partial charge in [0.1, 0.15) is 11.5 Å². The first-order chi connectivity index (χ1) is 14.7. The first-order valence-corrected chi connectivity index (χ1v) is 10.7. The van der Waals surface area contributed by atoms with Gasteiger partial charge in [-0.05, 0) is 50.4 Å². The zero-order chi connectivity index (χ0) is 22.7. The van der Waals surface area contributed by atoms with Gasteiger partial charge in [-0.25, -0.2) is 0 Å². The predicted octanol–water partition coefficient (Wildman–Crippen LogP) is 2.91. The van der Waals surface area contributed by atoms with Crippen molar-refractivity contribution in [3.05, 3.63) is 70.2 Å². The molecule has 0 saturated carbocycles. The van der Waals surface area contributed by atoms with Crippen LogP contribution in [0.5, 0.6) is 0 Å². The van der Waals surface area contributed by atoms with E-state index in [9.17, 15) is 5.11 Å². The van der Waals surface area contributed by atoms with Gasteiger partial charge in [-0.3, -0.25) is 10.7 Å². The second kappa shape index (κ2) is 9.58. The monoisotopic (exact) mass is 425 g/mol. The number of nitrogens with zero attached hydrogens (tertiary/aromatic N) is 2. The van der Waals surface area contributed by atoms with Crippen LogP contribution in [0.15, 0.2) is 53.5 Å². The highest BCUT2D eigenvalue weighted by Gasteiger charge is 2.35. The van der Waals surface area contributed by atoms with E-state index in [-0.39, 0.29) is 11.9 Å². The average Bonchev–Trinajstić information content (AvgIpc) is 2.76. The second-order valence-electron chi connectivity index (χ2n) is 8.34. The number of benzene rings is 1. The minimum absolute atomic E-state index is 0.0563. The molecule has 1 aliphatic carbocycles. The van der Waals surface area contributed by atoms with Gasteiger partial charge < -0.3 is 25.4 Å². The van der Waals surface area contributed by atoms with Gasteiger partial charge in [-0.2, -0.15) is 0 Å². The number of nitrogens with two attached hydrogens (primary N) is 1. The van der Waals surface area contributed by atoms with Gasteiger partial charge in [0.2, 0.25) is 5.90 Å². The fourth-order valence-electron chi connectivity index (χ4n) is 4.22. The molecule has 168 valence electrons. The summed E-state index contributed by atoms with van der Waals surface area (Å²) in [4.78, 5) is 4.17. The first kappa shape index (κ1) is 22.9. The molecule has 31 heavy (non-hydrogen) atoms. The molecular weight excluding hydrogens is 390 g/mol. The standard InChI is InChI=1S/C24H35N5O2/c1-15-13-18(16(2)30)11-12-19(15)20-14-28(4)22(25)21(29(20)5)24(27-3)31-23(26)17-9-7-6-8-10-17/h6-7,9,11-13,16,20,24,26-27,30H,8,10,14,25H2,1-5H3. The van der Waals surface area contributed by atoms with Gasteiger partial charge in [-0.15, -0.1) is 0 Å². The molecule has 5 N–H and O–H groups in total. The van der Waals surface area contributed by atoms with E-state index in [2.05, 4.69) is 29.3 Å². The lowest BCUT2D eigenvalue weighted by atomic mass is 9.94. The number of hydrogen-bond donors (Lipinski definition) is 4. The third kappa shape index (κ3) is 4.78. The van der Waals surface area contributed by atoms with Gasteiger partial charge in [0, 0.05) is 26.2 Å². The summed E-state index contributed by atoms with van der Waals surface area (Å²) in [6.45, 7) is 4.57. The Labute approximate surface area is 185 Å². The minimum atomic E-state index is -0.549. The summed E-state index contributed by atoms with van der Waals surface area (Å²) in [5.74, 6) is 0.793. The molecule has 0 amide bonds. The largest absolute Gasteiger partial charge is 0.453 e. The molecule has 1 aromatic rings. The molecule has 1 aromatic carbocycles. The highest BCUT2D eigenvalue weighted by atomic mass is 16.5. The lowest BCUT2D eigenvalue weighted by Crippen LogP contribution is -2.50. The molecule has 7 heteroatoms. The quantitative estimate of drug-likeness (QED) is 0.318. The van der Waals surface area contributed by atoms with Crippen molar-refractivity contribution >= 4 is 5.90 Å². The number of nitrogens with one attached hydrogen (secondary N) is 2. The maximum absolute atomic E-state index is 9.92. The number of allylic oxidation sites excluding steroid dienone is 3. The summed E-state index contributed by atoms with van der Waals surface area (Å²) in [7, 11) is 5.80. The van der Waals surface area contributed by atoms with Gasteiger partial charge in [0.15, 0.2) is 6.23 Å². The normalized spacial score (nSPS) is 21.1. The van der Waals surface area contributed by atoms with E-state index in [1.54, 1.807) is 6.92 Å².